The van der Waals surface area contributed by atoms with Gasteiger partial charge in [0, 0.05) is 18.6 Å². The van der Waals surface area contributed by atoms with Gasteiger partial charge in [-0.15, -0.1) is 5.10 Å². The van der Waals surface area contributed by atoms with Crippen molar-refractivity contribution in [1.29, 1.82) is 0 Å². The Balaban J connectivity index is 2.48. The molecular formula is C9H7ClN4O2. The minimum absolute atomic E-state index is 0.158. The first-order chi connectivity index (χ1) is 7.72. The van der Waals surface area contributed by atoms with Crippen LogP contribution in [-0.2, 0) is 0 Å². The Morgan fingerprint density at radius 3 is 2.81 bits per heavy atom. The fraction of sp³-hybridized carbons (Fsp3) is 0.111. The number of methoxy groups -OCH3 is 1. The molecule has 0 amide bonds. The largest absolute Gasteiger partial charge is 0.479 e. The van der Waals surface area contributed by atoms with Gasteiger partial charge < -0.3 is 4.74 Å². The zero-order valence-corrected chi connectivity index (χ0v) is 9.05. The smallest absolute Gasteiger partial charge is 0.259 e. The number of hydrogen-bond acceptors (Lipinski definition) is 5. The first-order valence-corrected chi connectivity index (χ1v) is 4.70. The molecule has 2 heterocycles. The normalized spacial score (nSPS) is 10.1. The molecule has 0 atom stereocenters. The van der Waals surface area contributed by atoms with E-state index in [-0.39, 0.29) is 11.4 Å². The van der Waals surface area contributed by atoms with Crippen LogP contribution in [0.5, 0.6) is 5.88 Å². The number of carbonyl (C=O) groups is 1. The van der Waals surface area contributed by atoms with E-state index in [0.29, 0.717) is 5.82 Å². The molecule has 0 aliphatic carbocycles. The fourth-order valence-corrected chi connectivity index (χ4v) is 1.30. The van der Waals surface area contributed by atoms with E-state index in [1.165, 1.54) is 36.6 Å². The second-order valence-electron chi connectivity index (χ2n) is 2.83. The number of hydrogen-bond donors (Lipinski definition) is 0. The number of carbonyl (C=O) groups excluding carboxylic acids is 1. The zero-order chi connectivity index (χ0) is 11.5. The summed E-state index contributed by atoms with van der Waals surface area (Å²) in [7, 11) is 1.41. The third-order valence-electron chi connectivity index (χ3n) is 1.87. The van der Waals surface area contributed by atoms with Gasteiger partial charge in [-0.25, -0.2) is 9.67 Å². The molecule has 7 heteroatoms. The second-order valence-corrected chi connectivity index (χ2v) is 3.18. The van der Waals surface area contributed by atoms with E-state index >= 15 is 0 Å². The Kier molecular flexibility index (Phi) is 2.82. The lowest BCUT2D eigenvalue weighted by Crippen LogP contribution is -1.98. The minimum Gasteiger partial charge on any atom is -0.479 e. The van der Waals surface area contributed by atoms with E-state index in [9.17, 15) is 4.79 Å². The van der Waals surface area contributed by atoms with Crippen molar-refractivity contribution in [2.24, 2.45) is 0 Å². The topological polar surface area (TPSA) is 69.9 Å². The molecule has 82 valence electrons. The zero-order valence-electron chi connectivity index (χ0n) is 8.29. The van der Waals surface area contributed by atoms with Gasteiger partial charge in [-0.2, -0.15) is 0 Å². The van der Waals surface area contributed by atoms with Gasteiger partial charge in [-0.3, -0.25) is 9.78 Å². The van der Waals surface area contributed by atoms with E-state index in [0.717, 1.165) is 0 Å². The quantitative estimate of drug-likeness (QED) is 0.748. The van der Waals surface area contributed by atoms with E-state index in [4.69, 9.17) is 16.3 Å². The molecule has 0 aliphatic rings. The van der Waals surface area contributed by atoms with Gasteiger partial charge in [0.15, 0.2) is 5.82 Å². The molecule has 2 aromatic heterocycles. The van der Waals surface area contributed by atoms with Gasteiger partial charge >= 0.3 is 0 Å². The number of nitrogens with zero attached hydrogens (tertiary/aromatic N) is 4. The summed E-state index contributed by atoms with van der Waals surface area (Å²) in [6.07, 6.45) is 6.01. The number of ether oxygens (including phenoxy) is 1. The van der Waals surface area contributed by atoms with Crippen LogP contribution in [0.15, 0.2) is 24.8 Å². The molecule has 0 aliphatic heterocycles. The molecule has 0 aromatic carbocycles. The van der Waals surface area contributed by atoms with Crippen molar-refractivity contribution >= 4 is 16.8 Å². The minimum atomic E-state index is -0.632. The number of halogens is 1. The highest BCUT2D eigenvalue weighted by Gasteiger charge is 2.16. The molecule has 0 saturated heterocycles. The lowest BCUT2D eigenvalue weighted by molar-refractivity contribution is 0.107. The van der Waals surface area contributed by atoms with Crippen molar-refractivity contribution < 1.29 is 9.53 Å². The van der Waals surface area contributed by atoms with Crippen molar-refractivity contribution in [1.82, 2.24) is 19.7 Å². The van der Waals surface area contributed by atoms with E-state index < -0.39 is 5.24 Å². The van der Waals surface area contributed by atoms with E-state index in [1.807, 2.05) is 0 Å². The van der Waals surface area contributed by atoms with Crippen LogP contribution in [0.25, 0.3) is 5.82 Å². The van der Waals surface area contributed by atoms with Crippen molar-refractivity contribution in [3.05, 3.63) is 30.4 Å². The fourth-order valence-electron chi connectivity index (χ4n) is 1.17. The van der Waals surface area contributed by atoms with Crippen molar-refractivity contribution in [2.45, 2.75) is 0 Å². The van der Waals surface area contributed by atoms with E-state index in [1.54, 1.807) is 0 Å². The van der Waals surface area contributed by atoms with Crippen LogP contribution in [0.2, 0.25) is 0 Å². The Labute approximate surface area is 95.8 Å². The van der Waals surface area contributed by atoms with Gasteiger partial charge in [0.2, 0.25) is 5.88 Å². The van der Waals surface area contributed by atoms with Gasteiger partial charge in [-0.1, -0.05) is 0 Å². The second kappa shape index (κ2) is 4.28. The molecule has 0 radical (unpaired) electrons. The predicted molar refractivity (Wildman–Crippen MR) is 55.9 cm³/mol. The third-order valence-corrected chi connectivity index (χ3v) is 2.07. The summed E-state index contributed by atoms with van der Waals surface area (Å²) in [6, 6.07) is 0. The third kappa shape index (κ3) is 1.87. The molecule has 0 unspecified atom stereocenters. The maximum Gasteiger partial charge on any atom is 0.259 e. The van der Waals surface area contributed by atoms with Gasteiger partial charge in [0.1, 0.15) is 5.56 Å². The summed E-state index contributed by atoms with van der Waals surface area (Å²) in [5, 5.41) is 3.37. The molecule has 0 fully saturated rings. The highest BCUT2D eigenvalue weighted by molar-refractivity contribution is 6.68. The summed E-state index contributed by atoms with van der Waals surface area (Å²) >= 11 is 5.38. The monoisotopic (exact) mass is 238 g/mol. The Morgan fingerprint density at radius 2 is 2.31 bits per heavy atom. The molecule has 0 N–H and O–H groups in total. The summed E-state index contributed by atoms with van der Waals surface area (Å²) < 4.78 is 6.30. The standard InChI is InChI=1S/C9H7ClN4O2/c1-16-9-6(8(10)15)5-14(13-9)7-4-11-2-3-12-7/h2-5H,1H3. The molecule has 0 bridgehead atoms. The van der Waals surface area contributed by atoms with Crippen LogP contribution in [-0.4, -0.2) is 32.1 Å². The molecule has 16 heavy (non-hydrogen) atoms. The van der Waals surface area contributed by atoms with Crippen LogP contribution < -0.4 is 4.74 Å². The first-order valence-electron chi connectivity index (χ1n) is 4.32. The van der Waals surface area contributed by atoms with Crippen molar-refractivity contribution in [2.75, 3.05) is 7.11 Å². The van der Waals surface area contributed by atoms with Gasteiger partial charge in [0.05, 0.1) is 13.3 Å². The number of rotatable bonds is 3. The number of aromatic nitrogens is 4. The average Bonchev–Trinajstić information content (AvgIpc) is 2.74. The molecular weight excluding hydrogens is 232 g/mol. The van der Waals surface area contributed by atoms with E-state index in [2.05, 4.69) is 15.1 Å². The molecule has 0 saturated carbocycles. The summed E-state index contributed by atoms with van der Waals surface area (Å²) in [6.45, 7) is 0. The summed E-state index contributed by atoms with van der Waals surface area (Å²) in [5.74, 6) is 0.635. The maximum absolute atomic E-state index is 11.1. The lowest BCUT2D eigenvalue weighted by Gasteiger charge is -1.96. The highest BCUT2D eigenvalue weighted by atomic mass is 35.5. The van der Waals surface area contributed by atoms with Crippen LogP contribution in [0.1, 0.15) is 10.4 Å². The summed E-state index contributed by atoms with van der Waals surface area (Å²) in [4.78, 5) is 19.0. The Morgan fingerprint density at radius 1 is 1.50 bits per heavy atom. The lowest BCUT2D eigenvalue weighted by atomic mass is 10.4. The SMILES string of the molecule is COc1nn(-c2cnccn2)cc1C(=O)Cl. The van der Waals surface area contributed by atoms with Gasteiger partial charge in [-0.05, 0) is 11.6 Å². The average molecular weight is 239 g/mol. The van der Waals surface area contributed by atoms with Crippen LogP contribution in [0, 0.1) is 0 Å². The van der Waals surface area contributed by atoms with Gasteiger partial charge in [0.25, 0.3) is 5.24 Å². The highest BCUT2D eigenvalue weighted by Crippen LogP contribution is 2.19. The summed E-state index contributed by atoms with van der Waals surface area (Å²) in [5.41, 5.74) is 0.190. The molecule has 6 nitrogen and oxygen atoms in total. The maximum atomic E-state index is 11.1. The van der Waals surface area contributed by atoms with Crippen molar-refractivity contribution in [3.8, 4) is 11.7 Å². The Bertz CT molecular complexity index is 511. The molecule has 2 rings (SSSR count). The predicted octanol–water partition coefficient (Wildman–Crippen LogP) is 1.05. The molecule has 0 spiro atoms. The van der Waals surface area contributed by atoms with Crippen LogP contribution in [0.4, 0.5) is 0 Å². The Hall–Kier alpha value is -1.95. The molecule has 2 aromatic rings. The van der Waals surface area contributed by atoms with Crippen molar-refractivity contribution in [3.63, 3.8) is 0 Å². The van der Waals surface area contributed by atoms with Crippen LogP contribution >= 0.6 is 11.6 Å². The first kappa shape index (κ1) is 10.6. The van der Waals surface area contributed by atoms with Crippen LogP contribution in [0.3, 0.4) is 0 Å².